The molecule has 0 saturated heterocycles. The standard InChI is InChI=1S/C23H28O2/c1-8-20(17(5)14-18-11-9-16(4)10-12-18)25-22(24)21-19(13-15(2)3)23(21,6)7/h1,9-14,19-21H,2-7H3. The molecule has 0 spiro atoms. The monoisotopic (exact) mass is 336 g/mol. The van der Waals surface area contributed by atoms with Crippen molar-refractivity contribution in [2.24, 2.45) is 17.3 Å². The van der Waals surface area contributed by atoms with Crippen LogP contribution in [0.3, 0.4) is 0 Å². The number of hydrogen-bond donors (Lipinski definition) is 0. The molecule has 25 heavy (non-hydrogen) atoms. The average Bonchev–Trinajstić information content (AvgIpc) is 3.06. The van der Waals surface area contributed by atoms with Gasteiger partial charge in [0.15, 0.2) is 6.10 Å². The molecule has 2 nitrogen and oxygen atoms in total. The highest BCUT2D eigenvalue weighted by Gasteiger charge is 2.61. The summed E-state index contributed by atoms with van der Waals surface area (Å²) in [5.74, 6) is 2.51. The first-order valence-corrected chi connectivity index (χ1v) is 8.73. The Morgan fingerprint density at radius 3 is 2.36 bits per heavy atom. The number of hydrogen-bond acceptors (Lipinski definition) is 2. The van der Waals surface area contributed by atoms with Gasteiger partial charge >= 0.3 is 5.97 Å². The first kappa shape index (κ1) is 19.1. The maximum absolute atomic E-state index is 12.6. The fourth-order valence-electron chi connectivity index (χ4n) is 3.25. The lowest BCUT2D eigenvalue weighted by atomic mass is 10.1. The molecule has 3 atom stereocenters. The highest BCUT2D eigenvalue weighted by atomic mass is 16.5. The van der Waals surface area contributed by atoms with Crippen LogP contribution in [0.5, 0.6) is 0 Å². The number of benzene rings is 1. The Hall–Kier alpha value is -2.27. The fourth-order valence-corrected chi connectivity index (χ4v) is 3.25. The van der Waals surface area contributed by atoms with Gasteiger partial charge in [-0.05, 0) is 50.2 Å². The van der Waals surface area contributed by atoms with Gasteiger partial charge in [-0.1, -0.05) is 67.3 Å². The third-order valence-corrected chi connectivity index (χ3v) is 4.95. The van der Waals surface area contributed by atoms with Crippen molar-refractivity contribution < 1.29 is 9.53 Å². The van der Waals surface area contributed by atoms with E-state index in [1.165, 1.54) is 11.1 Å². The van der Waals surface area contributed by atoms with Gasteiger partial charge < -0.3 is 4.74 Å². The minimum Gasteiger partial charge on any atom is -0.444 e. The van der Waals surface area contributed by atoms with E-state index in [9.17, 15) is 4.79 Å². The van der Waals surface area contributed by atoms with Gasteiger partial charge in [-0.3, -0.25) is 4.79 Å². The summed E-state index contributed by atoms with van der Waals surface area (Å²) in [5, 5.41) is 0. The molecule has 0 radical (unpaired) electrons. The first-order chi connectivity index (χ1) is 11.7. The maximum Gasteiger partial charge on any atom is 0.311 e. The van der Waals surface area contributed by atoms with E-state index in [-0.39, 0.29) is 23.2 Å². The number of ether oxygens (including phenoxy) is 1. The van der Waals surface area contributed by atoms with Crippen molar-refractivity contribution in [1.82, 2.24) is 0 Å². The lowest BCUT2D eigenvalue weighted by molar-refractivity contribution is -0.147. The van der Waals surface area contributed by atoms with E-state index in [4.69, 9.17) is 11.2 Å². The molecule has 1 aliphatic carbocycles. The molecule has 1 aromatic rings. The zero-order valence-corrected chi connectivity index (χ0v) is 16.1. The second-order valence-electron chi connectivity index (χ2n) is 7.85. The second-order valence-corrected chi connectivity index (χ2v) is 7.85. The molecule has 1 aliphatic rings. The Kier molecular flexibility index (Phi) is 5.58. The Bertz CT molecular complexity index is 737. The molecule has 0 amide bonds. The van der Waals surface area contributed by atoms with Gasteiger partial charge in [0.2, 0.25) is 0 Å². The number of carbonyl (C=O) groups excluding carboxylic acids is 1. The third-order valence-electron chi connectivity index (χ3n) is 4.95. The van der Waals surface area contributed by atoms with Gasteiger partial charge in [-0.2, -0.15) is 0 Å². The van der Waals surface area contributed by atoms with E-state index in [1.807, 2.05) is 44.2 Å². The van der Waals surface area contributed by atoms with Crippen LogP contribution in [-0.2, 0) is 9.53 Å². The summed E-state index contributed by atoms with van der Waals surface area (Å²) in [4.78, 5) is 12.6. The summed E-state index contributed by atoms with van der Waals surface area (Å²) in [6, 6.07) is 8.16. The van der Waals surface area contributed by atoms with Crippen LogP contribution in [0.1, 0.15) is 45.7 Å². The molecule has 2 rings (SSSR count). The summed E-state index contributed by atoms with van der Waals surface area (Å²) < 4.78 is 5.66. The highest BCUT2D eigenvalue weighted by molar-refractivity contribution is 5.79. The van der Waals surface area contributed by atoms with Crippen LogP contribution in [0.2, 0.25) is 0 Å². The normalized spacial score (nSPS) is 22.5. The molecule has 0 heterocycles. The highest BCUT2D eigenvalue weighted by Crippen LogP contribution is 2.60. The molecule has 0 N–H and O–H groups in total. The molecule has 132 valence electrons. The van der Waals surface area contributed by atoms with Crippen molar-refractivity contribution in [3.8, 4) is 12.3 Å². The molecule has 2 heteroatoms. The SMILES string of the molecule is C#CC(OC(=O)C1C(C=C(C)C)C1(C)C)C(C)=Cc1ccc(C)cc1. The van der Waals surface area contributed by atoms with Gasteiger partial charge in [0, 0.05) is 0 Å². The number of carbonyl (C=O) groups is 1. The number of aryl methyl sites for hydroxylation is 1. The van der Waals surface area contributed by atoms with Crippen LogP contribution in [0.4, 0.5) is 0 Å². The number of esters is 1. The second kappa shape index (κ2) is 7.31. The van der Waals surface area contributed by atoms with Gasteiger partial charge in [-0.25, -0.2) is 0 Å². The lowest BCUT2D eigenvalue weighted by Gasteiger charge is -2.14. The van der Waals surface area contributed by atoms with E-state index < -0.39 is 6.10 Å². The summed E-state index contributed by atoms with van der Waals surface area (Å²) in [6.45, 7) is 12.3. The molecule has 1 saturated carbocycles. The van der Waals surface area contributed by atoms with Gasteiger partial charge in [0.1, 0.15) is 0 Å². The zero-order valence-electron chi connectivity index (χ0n) is 16.1. The maximum atomic E-state index is 12.6. The van der Waals surface area contributed by atoms with E-state index in [1.54, 1.807) is 0 Å². The van der Waals surface area contributed by atoms with Crippen LogP contribution in [0, 0.1) is 36.5 Å². The predicted octanol–water partition coefficient (Wildman–Crippen LogP) is 5.18. The predicted molar refractivity (Wildman–Crippen MR) is 104 cm³/mol. The molecular weight excluding hydrogens is 308 g/mol. The van der Waals surface area contributed by atoms with Crippen LogP contribution < -0.4 is 0 Å². The molecular formula is C23H28O2. The lowest BCUT2D eigenvalue weighted by Crippen LogP contribution is -2.20. The zero-order chi connectivity index (χ0) is 18.8. The van der Waals surface area contributed by atoms with Crippen LogP contribution in [0.25, 0.3) is 6.08 Å². The third kappa shape index (κ3) is 4.42. The minimum atomic E-state index is -0.627. The van der Waals surface area contributed by atoms with Crippen LogP contribution in [0.15, 0.2) is 41.5 Å². The Morgan fingerprint density at radius 2 is 1.84 bits per heavy atom. The van der Waals surface area contributed by atoms with Crippen molar-refractivity contribution >= 4 is 12.0 Å². The van der Waals surface area contributed by atoms with E-state index in [2.05, 4.69) is 39.7 Å². The van der Waals surface area contributed by atoms with Crippen molar-refractivity contribution in [3.05, 3.63) is 52.6 Å². The molecule has 1 aromatic carbocycles. The van der Waals surface area contributed by atoms with Crippen molar-refractivity contribution in [2.75, 3.05) is 0 Å². The Morgan fingerprint density at radius 1 is 1.24 bits per heavy atom. The molecule has 0 aromatic heterocycles. The Balaban J connectivity index is 2.09. The molecule has 0 aliphatic heterocycles. The van der Waals surface area contributed by atoms with E-state index in [0.717, 1.165) is 11.1 Å². The van der Waals surface area contributed by atoms with Gasteiger partial charge in [0.25, 0.3) is 0 Å². The molecule has 1 fully saturated rings. The quantitative estimate of drug-likeness (QED) is 0.420. The summed E-state index contributed by atoms with van der Waals surface area (Å²) in [6.07, 6.45) is 9.13. The van der Waals surface area contributed by atoms with E-state index >= 15 is 0 Å². The van der Waals surface area contributed by atoms with Crippen molar-refractivity contribution in [2.45, 2.75) is 47.6 Å². The number of allylic oxidation sites excluding steroid dienone is 2. The minimum absolute atomic E-state index is 0.0674. The summed E-state index contributed by atoms with van der Waals surface area (Å²) in [7, 11) is 0. The topological polar surface area (TPSA) is 26.3 Å². The van der Waals surface area contributed by atoms with Crippen molar-refractivity contribution in [3.63, 3.8) is 0 Å². The average molecular weight is 336 g/mol. The van der Waals surface area contributed by atoms with Gasteiger partial charge in [0.05, 0.1) is 5.92 Å². The molecule has 0 bridgehead atoms. The summed E-state index contributed by atoms with van der Waals surface area (Å²) >= 11 is 0. The fraction of sp³-hybridized carbons (Fsp3) is 0.435. The number of terminal acetylenes is 1. The molecule has 3 unspecified atom stereocenters. The van der Waals surface area contributed by atoms with Crippen LogP contribution in [-0.4, -0.2) is 12.1 Å². The van der Waals surface area contributed by atoms with Crippen molar-refractivity contribution in [1.29, 1.82) is 0 Å². The summed E-state index contributed by atoms with van der Waals surface area (Å²) in [5.41, 5.74) is 4.26. The first-order valence-electron chi connectivity index (χ1n) is 8.73. The smallest absolute Gasteiger partial charge is 0.311 e. The van der Waals surface area contributed by atoms with E-state index in [0.29, 0.717) is 0 Å². The Labute approximate surface area is 152 Å². The van der Waals surface area contributed by atoms with Crippen LogP contribution >= 0.6 is 0 Å². The largest absolute Gasteiger partial charge is 0.444 e. The number of rotatable bonds is 5. The van der Waals surface area contributed by atoms with Gasteiger partial charge in [-0.15, -0.1) is 6.42 Å².